The van der Waals surface area contributed by atoms with Gasteiger partial charge in [0.1, 0.15) is 0 Å². The molecule has 0 bridgehead atoms. The highest BCUT2D eigenvalue weighted by atomic mass is 16.6. The Kier molecular flexibility index (Phi) is 4.42. The molecule has 1 aromatic rings. The van der Waals surface area contributed by atoms with Crippen molar-refractivity contribution in [2.75, 3.05) is 31.1 Å². The first-order valence-electron chi connectivity index (χ1n) is 7.92. The fourth-order valence-corrected chi connectivity index (χ4v) is 3.02. The summed E-state index contributed by atoms with van der Waals surface area (Å²) in [6, 6.07) is 2.81. The minimum absolute atomic E-state index is 0.206. The molecule has 0 aromatic carbocycles. The summed E-state index contributed by atoms with van der Waals surface area (Å²) in [5, 5.41) is 10.9. The van der Waals surface area contributed by atoms with Gasteiger partial charge in [0.2, 0.25) is 0 Å². The largest absolute Gasteiger partial charge is 0.475 e. The van der Waals surface area contributed by atoms with Gasteiger partial charge >= 0.3 is 5.82 Å². The molecule has 23 heavy (non-hydrogen) atoms. The molecular weight excluding hydrogens is 300 g/mol. The van der Waals surface area contributed by atoms with Gasteiger partial charge in [-0.05, 0) is 48.8 Å². The first kappa shape index (κ1) is 15.7. The van der Waals surface area contributed by atoms with E-state index in [0.717, 1.165) is 19.6 Å². The van der Waals surface area contributed by atoms with Crippen LogP contribution in [0, 0.1) is 10.1 Å². The lowest BCUT2D eigenvalue weighted by Gasteiger charge is -2.32. The molecule has 0 N–H and O–H groups in total. The van der Waals surface area contributed by atoms with Crippen LogP contribution < -0.4 is 9.64 Å². The van der Waals surface area contributed by atoms with Gasteiger partial charge in [0.05, 0.1) is 0 Å². The maximum Gasteiger partial charge on any atom is 0.366 e. The van der Waals surface area contributed by atoms with E-state index in [4.69, 9.17) is 4.74 Å². The molecule has 124 valence electrons. The van der Waals surface area contributed by atoms with E-state index in [2.05, 4.69) is 9.88 Å². The molecule has 1 unspecified atom stereocenters. The van der Waals surface area contributed by atoms with Crippen LogP contribution in [0.1, 0.15) is 26.2 Å². The summed E-state index contributed by atoms with van der Waals surface area (Å²) < 4.78 is 5.51. The lowest BCUT2D eigenvalue weighted by Crippen LogP contribution is -2.48. The van der Waals surface area contributed by atoms with Crippen molar-refractivity contribution in [3.63, 3.8) is 0 Å². The van der Waals surface area contributed by atoms with Gasteiger partial charge in [-0.15, -0.1) is 0 Å². The minimum Gasteiger partial charge on any atom is -0.475 e. The van der Waals surface area contributed by atoms with Crippen LogP contribution in [0.4, 0.5) is 11.6 Å². The molecule has 2 aliphatic rings. The monoisotopic (exact) mass is 320 g/mol. The van der Waals surface area contributed by atoms with Gasteiger partial charge in [-0.3, -0.25) is 9.69 Å². The van der Waals surface area contributed by atoms with Crippen molar-refractivity contribution in [3.8, 4) is 5.75 Å². The van der Waals surface area contributed by atoms with Crippen LogP contribution >= 0.6 is 0 Å². The first-order valence-corrected chi connectivity index (χ1v) is 7.92. The van der Waals surface area contributed by atoms with Gasteiger partial charge in [0, 0.05) is 19.2 Å². The van der Waals surface area contributed by atoms with Crippen LogP contribution in [0.15, 0.2) is 12.1 Å². The van der Waals surface area contributed by atoms with E-state index in [0.29, 0.717) is 12.3 Å². The Balaban J connectivity index is 1.81. The predicted octanol–water partition coefficient (Wildman–Crippen LogP) is 1.59. The molecule has 3 rings (SSSR count). The van der Waals surface area contributed by atoms with Crippen LogP contribution in [0.5, 0.6) is 5.75 Å². The number of likely N-dealkylation sites (tertiary alicyclic amines) is 1. The number of carbonyl (C=O) groups is 1. The Morgan fingerprint density at radius 2 is 2.04 bits per heavy atom. The number of hydrogen-bond donors (Lipinski definition) is 0. The number of carbonyl (C=O) groups excluding carboxylic acids is 1. The molecule has 1 aromatic heterocycles. The highest BCUT2D eigenvalue weighted by Gasteiger charge is 2.36. The molecule has 0 radical (unpaired) electrons. The number of amides is 1. The van der Waals surface area contributed by atoms with Gasteiger partial charge in [0.25, 0.3) is 11.7 Å². The van der Waals surface area contributed by atoms with Crippen LogP contribution in [-0.4, -0.2) is 53.0 Å². The summed E-state index contributed by atoms with van der Waals surface area (Å²) in [4.78, 5) is 30.6. The number of ether oxygens (including phenoxy) is 1. The Morgan fingerprint density at radius 3 is 2.74 bits per heavy atom. The van der Waals surface area contributed by atoms with Crippen LogP contribution in [0.3, 0.4) is 0 Å². The number of pyridine rings is 1. The number of aromatic nitrogens is 1. The Hall–Kier alpha value is -2.22. The van der Waals surface area contributed by atoms with Crippen molar-refractivity contribution in [1.82, 2.24) is 9.88 Å². The lowest BCUT2D eigenvalue weighted by atomic mass is 10.1. The zero-order chi connectivity index (χ0) is 16.4. The molecule has 3 heterocycles. The van der Waals surface area contributed by atoms with Crippen LogP contribution in [-0.2, 0) is 4.79 Å². The Morgan fingerprint density at radius 1 is 1.30 bits per heavy atom. The second kappa shape index (κ2) is 6.49. The summed E-state index contributed by atoms with van der Waals surface area (Å²) >= 11 is 0. The number of piperidine rings is 1. The minimum atomic E-state index is -0.605. The topological polar surface area (TPSA) is 88.8 Å². The molecule has 2 aliphatic heterocycles. The number of anilines is 1. The van der Waals surface area contributed by atoms with Crippen molar-refractivity contribution in [2.45, 2.75) is 32.3 Å². The number of hydrogen-bond acceptors (Lipinski definition) is 6. The van der Waals surface area contributed by atoms with E-state index in [9.17, 15) is 14.9 Å². The Labute approximate surface area is 134 Å². The van der Waals surface area contributed by atoms with Gasteiger partial charge in [-0.1, -0.05) is 6.42 Å². The molecule has 0 spiro atoms. The zero-order valence-corrected chi connectivity index (χ0v) is 13.1. The van der Waals surface area contributed by atoms with Crippen molar-refractivity contribution in [1.29, 1.82) is 0 Å². The third-order valence-electron chi connectivity index (χ3n) is 4.27. The molecule has 8 nitrogen and oxygen atoms in total. The van der Waals surface area contributed by atoms with E-state index in [-0.39, 0.29) is 17.5 Å². The SMILES string of the molecule is CC1Oc2ccc([N+](=O)[O-])nc2N(CCN2CCCCC2)C1=O. The zero-order valence-electron chi connectivity index (χ0n) is 13.1. The average Bonchev–Trinajstić information content (AvgIpc) is 2.56. The van der Waals surface area contributed by atoms with E-state index in [1.165, 1.54) is 36.3 Å². The second-order valence-electron chi connectivity index (χ2n) is 5.90. The molecule has 0 aliphatic carbocycles. The lowest BCUT2D eigenvalue weighted by molar-refractivity contribution is -0.389. The highest BCUT2D eigenvalue weighted by molar-refractivity contribution is 5.98. The van der Waals surface area contributed by atoms with Crippen molar-refractivity contribution in [2.24, 2.45) is 0 Å². The smallest absolute Gasteiger partial charge is 0.366 e. The molecule has 1 saturated heterocycles. The molecular formula is C15H20N4O4. The first-order chi connectivity index (χ1) is 11.1. The van der Waals surface area contributed by atoms with Crippen molar-refractivity contribution in [3.05, 3.63) is 22.2 Å². The van der Waals surface area contributed by atoms with Gasteiger partial charge < -0.3 is 19.8 Å². The molecule has 0 saturated carbocycles. The number of nitro groups is 1. The number of rotatable bonds is 4. The van der Waals surface area contributed by atoms with Gasteiger partial charge in [-0.25, -0.2) is 0 Å². The predicted molar refractivity (Wildman–Crippen MR) is 83.6 cm³/mol. The number of nitrogens with zero attached hydrogens (tertiary/aromatic N) is 4. The number of fused-ring (bicyclic) bond motifs is 1. The molecule has 8 heteroatoms. The summed E-state index contributed by atoms with van der Waals surface area (Å²) in [6.45, 7) is 4.95. The third-order valence-corrected chi connectivity index (χ3v) is 4.27. The maximum absolute atomic E-state index is 12.4. The van der Waals surface area contributed by atoms with Crippen LogP contribution in [0.2, 0.25) is 0 Å². The average molecular weight is 320 g/mol. The molecule has 1 fully saturated rings. The fraction of sp³-hybridized carbons (Fsp3) is 0.600. The van der Waals surface area contributed by atoms with Gasteiger partial charge in [0.15, 0.2) is 11.9 Å². The second-order valence-corrected chi connectivity index (χ2v) is 5.90. The standard InChI is InChI=1S/C15H20N4O4/c1-11-15(20)18(10-9-17-7-3-2-4-8-17)14-12(23-11)5-6-13(16-14)19(21)22/h5-6,11H,2-4,7-10H2,1H3. The third kappa shape index (κ3) is 3.26. The normalized spacial score (nSPS) is 21.7. The fourth-order valence-electron chi connectivity index (χ4n) is 3.02. The quantitative estimate of drug-likeness (QED) is 0.618. The van der Waals surface area contributed by atoms with E-state index >= 15 is 0 Å². The van der Waals surface area contributed by atoms with Crippen molar-refractivity contribution < 1.29 is 14.5 Å². The van der Waals surface area contributed by atoms with Crippen LogP contribution in [0.25, 0.3) is 0 Å². The molecule has 1 amide bonds. The maximum atomic E-state index is 12.4. The van der Waals surface area contributed by atoms with E-state index < -0.39 is 11.0 Å². The molecule has 1 atom stereocenters. The van der Waals surface area contributed by atoms with E-state index in [1.807, 2.05) is 0 Å². The van der Waals surface area contributed by atoms with Gasteiger partial charge in [-0.2, -0.15) is 0 Å². The highest BCUT2D eigenvalue weighted by Crippen LogP contribution is 2.33. The van der Waals surface area contributed by atoms with E-state index in [1.54, 1.807) is 6.92 Å². The summed E-state index contributed by atoms with van der Waals surface area (Å²) in [5.74, 6) is 0.181. The summed E-state index contributed by atoms with van der Waals surface area (Å²) in [6.07, 6.45) is 2.99. The summed E-state index contributed by atoms with van der Waals surface area (Å²) in [5.41, 5.74) is 0. The Bertz CT molecular complexity index is 615. The van der Waals surface area contributed by atoms with Crippen molar-refractivity contribution >= 4 is 17.5 Å². The summed E-state index contributed by atoms with van der Waals surface area (Å²) in [7, 11) is 0.